The van der Waals surface area contributed by atoms with Crippen LogP contribution in [0.1, 0.15) is 34.5 Å². The second-order valence-corrected chi connectivity index (χ2v) is 7.01. The summed E-state index contributed by atoms with van der Waals surface area (Å²) in [6, 6.07) is 17.6. The van der Waals surface area contributed by atoms with E-state index in [9.17, 15) is 4.79 Å². The predicted octanol–water partition coefficient (Wildman–Crippen LogP) is 3.10. The van der Waals surface area contributed by atoms with E-state index in [4.69, 9.17) is 9.47 Å². The number of H-pyrrole nitrogens is 1. The number of carbonyl (C=O) groups excluding carboxylic acids is 1. The van der Waals surface area contributed by atoms with Gasteiger partial charge in [0.05, 0.1) is 12.7 Å². The number of amides is 1. The van der Waals surface area contributed by atoms with Crippen LogP contribution >= 0.6 is 0 Å². The summed E-state index contributed by atoms with van der Waals surface area (Å²) in [7, 11) is 0. The monoisotopic (exact) mass is 392 g/mol. The van der Waals surface area contributed by atoms with E-state index in [0.717, 1.165) is 42.7 Å². The number of rotatable bonds is 7. The lowest BCUT2D eigenvalue weighted by Gasteiger charge is -2.22. The van der Waals surface area contributed by atoms with Crippen LogP contribution in [0.2, 0.25) is 0 Å². The van der Waals surface area contributed by atoms with Crippen LogP contribution in [-0.2, 0) is 22.6 Å². The number of ether oxygens (including phenoxy) is 2. The van der Waals surface area contributed by atoms with Crippen LogP contribution in [-0.4, -0.2) is 40.6 Å². The zero-order chi connectivity index (χ0) is 19.9. The summed E-state index contributed by atoms with van der Waals surface area (Å²) >= 11 is 0. The van der Waals surface area contributed by atoms with Crippen molar-refractivity contribution in [1.82, 2.24) is 20.7 Å². The van der Waals surface area contributed by atoms with Gasteiger partial charge < -0.3 is 14.8 Å². The summed E-state index contributed by atoms with van der Waals surface area (Å²) in [6.07, 6.45) is 2.14. The van der Waals surface area contributed by atoms with Crippen LogP contribution in [0.3, 0.4) is 0 Å². The van der Waals surface area contributed by atoms with Crippen molar-refractivity contribution in [2.75, 3.05) is 13.2 Å². The second-order valence-electron chi connectivity index (χ2n) is 7.01. The van der Waals surface area contributed by atoms with Gasteiger partial charge in [-0.05, 0) is 24.0 Å². The lowest BCUT2D eigenvalue weighted by molar-refractivity contribution is -0.0390. The molecule has 2 N–H and O–H groups in total. The third-order valence-electron chi connectivity index (χ3n) is 4.91. The first-order valence-corrected chi connectivity index (χ1v) is 9.81. The molecule has 1 aliphatic heterocycles. The van der Waals surface area contributed by atoms with Gasteiger partial charge in [-0.2, -0.15) is 15.4 Å². The molecule has 3 aromatic rings. The van der Waals surface area contributed by atoms with Gasteiger partial charge in [-0.25, -0.2) is 0 Å². The number of hydrogen-bond donors (Lipinski definition) is 2. The molecule has 1 amide bonds. The minimum atomic E-state index is -0.263. The van der Waals surface area contributed by atoms with Crippen LogP contribution in [0.25, 0.3) is 11.3 Å². The Balaban J connectivity index is 1.35. The Morgan fingerprint density at radius 1 is 1.07 bits per heavy atom. The highest BCUT2D eigenvalue weighted by molar-refractivity contribution is 5.97. The quantitative estimate of drug-likeness (QED) is 0.645. The number of carbonyl (C=O) groups is 1. The highest BCUT2D eigenvalue weighted by Gasteiger charge is 2.18. The fraction of sp³-hybridized carbons (Fsp3) is 0.318. The van der Waals surface area contributed by atoms with Crippen molar-refractivity contribution in [2.45, 2.75) is 32.1 Å². The second kappa shape index (κ2) is 9.45. The molecule has 1 aliphatic rings. The van der Waals surface area contributed by atoms with Gasteiger partial charge in [-0.15, -0.1) is 0 Å². The van der Waals surface area contributed by atoms with E-state index in [1.54, 1.807) is 0 Å². The Bertz CT molecular complexity index is 936. The van der Waals surface area contributed by atoms with Crippen molar-refractivity contribution < 1.29 is 14.3 Å². The summed E-state index contributed by atoms with van der Waals surface area (Å²) in [4.78, 5) is 12.6. The van der Waals surface area contributed by atoms with Crippen LogP contribution < -0.4 is 5.32 Å². The predicted molar refractivity (Wildman–Crippen MR) is 108 cm³/mol. The Hall–Kier alpha value is -3.03. The van der Waals surface area contributed by atoms with Crippen LogP contribution in [0.15, 0.2) is 54.6 Å². The van der Waals surface area contributed by atoms with E-state index >= 15 is 0 Å². The van der Waals surface area contributed by atoms with Gasteiger partial charge in [0.15, 0.2) is 5.69 Å². The van der Waals surface area contributed by atoms with E-state index in [0.29, 0.717) is 18.8 Å². The van der Waals surface area contributed by atoms with Crippen LogP contribution in [0.5, 0.6) is 0 Å². The molecule has 1 aromatic heterocycles. The van der Waals surface area contributed by atoms with Gasteiger partial charge in [0.2, 0.25) is 0 Å². The minimum Gasteiger partial charge on any atom is -0.381 e. The molecule has 1 saturated heterocycles. The molecule has 7 heteroatoms. The molecule has 0 aliphatic carbocycles. The van der Waals surface area contributed by atoms with Gasteiger partial charge in [-0.3, -0.25) is 4.79 Å². The summed E-state index contributed by atoms with van der Waals surface area (Å²) in [5.74, 6) is -0.263. The number of aromatic amines is 1. The highest BCUT2D eigenvalue weighted by Crippen LogP contribution is 2.19. The van der Waals surface area contributed by atoms with E-state index in [2.05, 4.69) is 26.8 Å². The van der Waals surface area contributed by atoms with Crippen molar-refractivity contribution in [3.63, 3.8) is 0 Å². The van der Waals surface area contributed by atoms with E-state index < -0.39 is 0 Å². The van der Waals surface area contributed by atoms with E-state index in [1.165, 1.54) is 0 Å². The molecule has 7 nitrogen and oxygen atoms in total. The summed E-state index contributed by atoms with van der Waals surface area (Å²) < 4.78 is 11.3. The molecule has 4 rings (SSSR count). The Morgan fingerprint density at radius 3 is 2.69 bits per heavy atom. The third-order valence-corrected chi connectivity index (χ3v) is 4.91. The number of nitrogens with zero attached hydrogens (tertiary/aromatic N) is 2. The first-order chi connectivity index (χ1) is 14.3. The molecule has 0 saturated carbocycles. The van der Waals surface area contributed by atoms with Crippen molar-refractivity contribution >= 4 is 5.91 Å². The minimum absolute atomic E-state index is 0.260. The fourth-order valence-electron chi connectivity index (χ4n) is 3.34. The maximum Gasteiger partial charge on any atom is 0.274 e. The lowest BCUT2D eigenvalue weighted by Crippen LogP contribution is -2.24. The van der Waals surface area contributed by atoms with Gasteiger partial charge in [-0.1, -0.05) is 54.6 Å². The van der Waals surface area contributed by atoms with Gasteiger partial charge >= 0.3 is 0 Å². The summed E-state index contributed by atoms with van der Waals surface area (Å²) in [6.45, 7) is 2.51. The average molecular weight is 392 g/mol. The molecule has 0 bridgehead atoms. The van der Waals surface area contributed by atoms with Crippen molar-refractivity contribution in [3.05, 3.63) is 71.4 Å². The number of benzene rings is 2. The van der Waals surface area contributed by atoms with Crippen molar-refractivity contribution in [1.29, 1.82) is 0 Å². The maximum absolute atomic E-state index is 12.6. The summed E-state index contributed by atoms with van der Waals surface area (Å²) in [5.41, 5.74) is 3.78. The van der Waals surface area contributed by atoms with Crippen molar-refractivity contribution in [3.8, 4) is 11.3 Å². The topological polar surface area (TPSA) is 89.1 Å². The molecular weight excluding hydrogens is 368 g/mol. The first-order valence-electron chi connectivity index (χ1n) is 9.81. The van der Waals surface area contributed by atoms with E-state index in [-0.39, 0.29) is 17.7 Å². The Kier molecular flexibility index (Phi) is 6.29. The highest BCUT2D eigenvalue weighted by atomic mass is 16.5. The van der Waals surface area contributed by atoms with Gasteiger partial charge in [0.1, 0.15) is 5.69 Å². The zero-order valence-corrected chi connectivity index (χ0v) is 16.1. The Labute approximate surface area is 169 Å². The molecule has 0 unspecified atom stereocenters. The molecule has 150 valence electrons. The molecule has 2 heterocycles. The van der Waals surface area contributed by atoms with Gasteiger partial charge in [0.25, 0.3) is 5.91 Å². The molecule has 1 fully saturated rings. The number of hydrogen-bond acceptors (Lipinski definition) is 5. The third kappa shape index (κ3) is 5.07. The SMILES string of the molecule is O=C(NCc1cccc(COC2CCOCC2)c1)c1n[nH]nc1-c1ccccc1. The van der Waals surface area contributed by atoms with Crippen LogP contribution in [0.4, 0.5) is 0 Å². The molecule has 29 heavy (non-hydrogen) atoms. The molecule has 0 atom stereocenters. The van der Waals surface area contributed by atoms with Crippen LogP contribution in [0, 0.1) is 0 Å². The fourth-order valence-corrected chi connectivity index (χ4v) is 3.34. The molecule has 0 radical (unpaired) electrons. The largest absolute Gasteiger partial charge is 0.381 e. The average Bonchev–Trinajstić information content (AvgIpc) is 3.28. The first kappa shape index (κ1) is 19.3. The normalized spacial score (nSPS) is 14.6. The van der Waals surface area contributed by atoms with Crippen molar-refractivity contribution in [2.24, 2.45) is 0 Å². The maximum atomic E-state index is 12.6. The molecule has 2 aromatic carbocycles. The lowest BCUT2D eigenvalue weighted by atomic mass is 10.1. The smallest absolute Gasteiger partial charge is 0.274 e. The zero-order valence-electron chi connectivity index (χ0n) is 16.1. The standard InChI is InChI=1S/C22H24N4O3/c27-22(21-20(24-26-25-21)18-7-2-1-3-8-18)23-14-16-5-4-6-17(13-16)15-29-19-9-11-28-12-10-19/h1-8,13,19H,9-12,14-15H2,(H,23,27)(H,24,25,26). The molecular formula is C22H24N4O3. The number of aromatic nitrogens is 3. The Morgan fingerprint density at radius 2 is 1.86 bits per heavy atom. The summed E-state index contributed by atoms with van der Waals surface area (Å²) in [5, 5.41) is 13.6. The molecule has 0 spiro atoms. The van der Waals surface area contributed by atoms with Gasteiger partial charge in [0, 0.05) is 25.3 Å². The van der Waals surface area contributed by atoms with E-state index in [1.807, 2.05) is 48.5 Å². The number of nitrogens with one attached hydrogen (secondary N) is 2.